The van der Waals surface area contributed by atoms with E-state index >= 15 is 0 Å². The monoisotopic (exact) mass is 277 g/mol. The van der Waals surface area contributed by atoms with Gasteiger partial charge in [0.1, 0.15) is 5.82 Å². The highest BCUT2D eigenvalue weighted by atomic mass is 32.1. The summed E-state index contributed by atoms with van der Waals surface area (Å²) in [6.07, 6.45) is 7.14. The number of nitrogens with zero attached hydrogens (tertiary/aromatic N) is 1. The molecule has 1 saturated carbocycles. The first-order valence-electron chi connectivity index (χ1n) is 6.70. The van der Waals surface area contributed by atoms with Crippen molar-refractivity contribution in [1.82, 2.24) is 10.3 Å². The van der Waals surface area contributed by atoms with Gasteiger partial charge in [0.2, 0.25) is 5.91 Å². The summed E-state index contributed by atoms with van der Waals surface area (Å²) in [6.45, 7) is 1.95. The van der Waals surface area contributed by atoms with Gasteiger partial charge in [0.05, 0.1) is 0 Å². The van der Waals surface area contributed by atoms with Gasteiger partial charge in [0, 0.05) is 12.1 Å². The first-order valence-corrected chi connectivity index (χ1v) is 7.11. The van der Waals surface area contributed by atoms with Crippen molar-refractivity contribution in [3.8, 4) is 0 Å². The van der Waals surface area contributed by atoms with Gasteiger partial charge in [0.15, 0.2) is 5.11 Å². The zero-order valence-corrected chi connectivity index (χ0v) is 11.9. The van der Waals surface area contributed by atoms with Gasteiger partial charge in [-0.2, -0.15) is 0 Å². The number of hydrogen-bond acceptors (Lipinski definition) is 3. The smallest absolute Gasteiger partial charge is 0.229 e. The van der Waals surface area contributed by atoms with Crippen LogP contribution in [0.2, 0.25) is 0 Å². The number of hydrogen-bond donors (Lipinski definition) is 2. The molecule has 1 aliphatic carbocycles. The molecule has 1 aromatic rings. The Labute approximate surface area is 119 Å². The standard InChI is InChI=1S/C14H19N3OS/c1-10-6-5-9-15-12(10)16-14(19)17-13(18)11-7-3-2-4-8-11/h5-6,9,11H,2-4,7-8H2,1H3,(H2,15,16,17,18,19). The number of aryl methyl sites for hydroxylation is 1. The number of thiocarbonyl (C=S) groups is 1. The maximum Gasteiger partial charge on any atom is 0.229 e. The molecular weight excluding hydrogens is 258 g/mol. The Balaban J connectivity index is 1.87. The van der Waals surface area contributed by atoms with Crippen LogP contribution in [0.4, 0.5) is 5.82 Å². The van der Waals surface area contributed by atoms with Gasteiger partial charge in [0.25, 0.3) is 0 Å². The molecule has 1 heterocycles. The molecule has 2 rings (SSSR count). The molecule has 0 atom stereocenters. The molecule has 1 fully saturated rings. The lowest BCUT2D eigenvalue weighted by atomic mass is 9.89. The summed E-state index contributed by atoms with van der Waals surface area (Å²) in [7, 11) is 0. The molecule has 19 heavy (non-hydrogen) atoms. The van der Waals surface area contributed by atoms with Crippen LogP contribution in [0, 0.1) is 12.8 Å². The topological polar surface area (TPSA) is 54.0 Å². The second-order valence-corrected chi connectivity index (χ2v) is 5.36. The zero-order chi connectivity index (χ0) is 13.7. The minimum absolute atomic E-state index is 0.0331. The first-order chi connectivity index (χ1) is 9.16. The molecule has 5 heteroatoms. The second-order valence-electron chi connectivity index (χ2n) is 4.95. The average molecular weight is 277 g/mol. The van der Waals surface area contributed by atoms with Crippen LogP contribution in [0.25, 0.3) is 0 Å². The Kier molecular flexibility index (Phi) is 4.85. The van der Waals surface area contributed by atoms with Gasteiger partial charge >= 0.3 is 0 Å². The first kappa shape index (κ1) is 13.9. The SMILES string of the molecule is Cc1cccnc1NC(=S)NC(=O)C1CCCCC1. The number of anilines is 1. The third-order valence-electron chi connectivity index (χ3n) is 3.45. The molecule has 0 bridgehead atoms. The molecular formula is C14H19N3OS. The zero-order valence-electron chi connectivity index (χ0n) is 11.1. The van der Waals surface area contributed by atoms with Crippen LogP contribution < -0.4 is 10.6 Å². The average Bonchev–Trinajstić information content (AvgIpc) is 2.42. The highest BCUT2D eigenvalue weighted by Gasteiger charge is 2.21. The van der Waals surface area contributed by atoms with E-state index in [1.54, 1.807) is 6.20 Å². The third kappa shape index (κ3) is 3.99. The van der Waals surface area contributed by atoms with Gasteiger partial charge in [-0.1, -0.05) is 25.3 Å². The minimum atomic E-state index is 0.0331. The molecule has 2 N–H and O–H groups in total. The van der Waals surface area contributed by atoms with Crippen LogP contribution in [0.5, 0.6) is 0 Å². The fourth-order valence-corrected chi connectivity index (χ4v) is 2.53. The summed E-state index contributed by atoms with van der Waals surface area (Å²) in [5.74, 6) is 0.834. The lowest BCUT2D eigenvalue weighted by molar-refractivity contribution is -0.124. The molecule has 4 nitrogen and oxygen atoms in total. The number of carbonyl (C=O) groups is 1. The summed E-state index contributed by atoms with van der Waals surface area (Å²) in [5.41, 5.74) is 0.997. The van der Waals surface area contributed by atoms with Crippen molar-refractivity contribution in [3.05, 3.63) is 23.9 Å². The van der Waals surface area contributed by atoms with Gasteiger partial charge in [-0.05, 0) is 43.6 Å². The fraction of sp³-hybridized carbons (Fsp3) is 0.500. The van der Waals surface area contributed by atoms with E-state index in [-0.39, 0.29) is 11.8 Å². The van der Waals surface area contributed by atoms with Gasteiger partial charge in [-0.15, -0.1) is 0 Å². The lowest BCUT2D eigenvalue weighted by Gasteiger charge is -2.21. The molecule has 0 radical (unpaired) electrons. The molecule has 102 valence electrons. The Hall–Kier alpha value is -1.49. The molecule has 1 aliphatic rings. The predicted molar refractivity (Wildman–Crippen MR) is 79.9 cm³/mol. The molecule has 0 aliphatic heterocycles. The van der Waals surface area contributed by atoms with E-state index in [9.17, 15) is 4.79 Å². The molecule has 0 saturated heterocycles. The number of pyridine rings is 1. The van der Waals surface area contributed by atoms with E-state index in [2.05, 4.69) is 15.6 Å². The van der Waals surface area contributed by atoms with Crippen molar-refractivity contribution >= 4 is 29.1 Å². The van der Waals surface area contributed by atoms with Crippen molar-refractivity contribution in [2.24, 2.45) is 5.92 Å². The van der Waals surface area contributed by atoms with E-state index in [1.165, 1.54) is 6.42 Å². The molecule has 0 spiro atoms. The van der Waals surface area contributed by atoms with Crippen LogP contribution in [-0.4, -0.2) is 16.0 Å². The molecule has 1 amide bonds. The van der Waals surface area contributed by atoms with Crippen LogP contribution in [0.15, 0.2) is 18.3 Å². The maximum absolute atomic E-state index is 12.0. The second kappa shape index (κ2) is 6.61. The van der Waals surface area contributed by atoms with Crippen LogP contribution in [0.3, 0.4) is 0 Å². The van der Waals surface area contributed by atoms with E-state index in [0.29, 0.717) is 10.9 Å². The predicted octanol–water partition coefficient (Wildman–Crippen LogP) is 2.78. The van der Waals surface area contributed by atoms with Crippen molar-refractivity contribution in [2.45, 2.75) is 39.0 Å². The molecule has 0 aromatic carbocycles. The number of rotatable bonds is 2. The van der Waals surface area contributed by atoms with Crippen molar-refractivity contribution in [3.63, 3.8) is 0 Å². The highest BCUT2D eigenvalue weighted by molar-refractivity contribution is 7.80. The number of nitrogens with one attached hydrogen (secondary N) is 2. The Bertz CT molecular complexity index is 470. The van der Waals surface area contributed by atoms with E-state index in [1.807, 2.05) is 19.1 Å². The number of carbonyl (C=O) groups excluding carboxylic acids is 1. The summed E-state index contributed by atoms with van der Waals surface area (Å²) in [4.78, 5) is 16.2. The minimum Gasteiger partial charge on any atom is -0.317 e. The van der Waals surface area contributed by atoms with Crippen molar-refractivity contribution in [2.75, 3.05) is 5.32 Å². The van der Waals surface area contributed by atoms with Gasteiger partial charge in [-0.25, -0.2) is 4.98 Å². The Morgan fingerprint density at radius 1 is 1.37 bits per heavy atom. The summed E-state index contributed by atoms with van der Waals surface area (Å²) in [6, 6.07) is 3.81. The van der Waals surface area contributed by atoms with Crippen molar-refractivity contribution < 1.29 is 4.79 Å². The quantitative estimate of drug-likeness (QED) is 0.816. The summed E-state index contributed by atoms with van der Waals surface area (Å²) >= 11 is 5.16. The van der Waals surface area contributed by atoms with E-state index < -0.39 is 0 Å². The highest BCUT2D eigenvalue weighted by Crippen LogP contribution is 2.23. The largest absolute Gasteiger partial charge is 0.317 e. The molecule has 0 unspecified atom stereocenters. The van der Waals surface area contributed by atoms with Crippen LogP contribution >= 0.6 is 12.2 Å². The van der Waals surface area contributed by atoms with Gasteiger partial charge < -0.3 is 10.6 Å². The van der Waals surface area contributed by atoms with Crippen molar-refractivity contribution in [1.29, 1.82) is 0 Å². The molecule has 1 aromatic heterocycles. The van der Waals surface area contributed by atoms with Gasteiger partial charge in [-0.3, -0.25) is 4.79 Å². The fourth-order valence-electron chi connectivity index (χ4n) is 2.33. The lowest BCUT2D eigenvalue weighted by Crippen LogP contribution is -2.39. The normalized spacial score (nSPS) is 15.8. The maximum atomic E-state index is 12.0. The van der Waals surface area contributed by atoms with Crippen LogP contribution in [0.1, 0.15) is 37.7 Å². The summed E-state index contributed by atoms with van der Waals surface area (Å²) < 4.78 is 0. The Morgan fingerprint density at radius 3 is 2.79 bits per heavy atom. The van der Waals surface area contributed by atoms with E-state index in [4.69, 9.17) is 12.2 Å². The summed E-state index contributed by atoms with van der Waals surface area (Å²) in [5, 5.41) is 6.07. The van der Waals surface area contributed by atoms with Crippen LogP contribution in [-0.2, 0) is 4.79 Å². The number of amides is 1. The number of aromatic nitrogens is 1. The van der Waals surface area contributed by atoms with E-state index in [0.717, 1.165) is 31.2 Å². The third-order valence-corrected chi connectivity index (χ3v) is 3.66. The Morgan fingerprint density at radius 2 is 2.11 bits per heavy atom.